The molecule has 0 radical (unpaired) electrons. The Morgan fingerprint density at radius 1 is 1.00 bits per heavy atom. The second-order valence-electron chi connectivity index (χ2n) is 5.48. The van der Waals surface area contributed by atoms with E-state index in [1.165, 1.54) is 0 Å². The SMILES string of the molecule is OCCNc1nc(-c2cccnc2)nc2scc(-c3ccccc3)c12. The van der Waals surface area contributed by atoms with Crippen molar-refractivity contribution >= 4 is 27.4 Å². The number of thiophene rings is 1. The predicted molar refractivity (Wildman–Crippen MR) is 102 cm³/mol. The Kier molecular flexibility index (Phi) is 4.37. The predicted octanol–water partition coefficient (Wildman–Crippen LogP) is 3.82. The van der Waals surface area contributed by atoms with Crippen LogP contribution in [0.2, 0.25) is 0 Å². The van der Waals surface area contributed by atoms with E-state index in [4.69, 9.17) is 9.97 Å². The van der Waals surface area contributed by atoms with Crippen molar-refractivity contribution in [3.05, 3.63) is 60.2 Å². The smallest absolute Gasteiger partial charge is 0.164 e. The van der Waals surface area contributed by atoms with Crippen molar-refractivity contribution in [3.8, 4) is 22.5 Å². The third-order valence-corrected chi connectivity index (χ3v) is 4.71. The van der Waals surface area contributed by atoms with Crippen LogP contribution in [0.4, 0.5) is 5.82 Å². The molecule has 3 aromatic heterocycles. The van der Waals surface area contributed by atoms with E-state index in [1.807, 2.05) is 30.3 Å². The first-order valence-electron chi connectivity index (χ1n) is 7.96. The maximum Gasteiger partial charge on any atom is 0.164 e. The van der Waals surface area contributed by atoms with Crippen molar-refractivity contribution in [2.45, 2.75) is 0 Å². The van der Waals surface area contributed by atoms with Crippen LogP contribution in [0, 0.1) is 0 Å². The summed E-state index contributed by atoms with van der Waals surface area (Å²) in [6.45, 7) is 0.473. The van der Waals surface area contributed by atoms with Crippen LogP contribution in [0.3, 0.4) is 0 Å². The molecule has 0 fully saturated rings. The number of aliphatic hydroxyl groups is 1. The molecule has 124 valence electrons. The summed E-state index contributed by atoms with van der Waals surface area (Å²) in [4.78, 5) is 14.5. The zero-order valence-corrected chi connectivity index (χ0v) is 14.2. The van der Waals surface area contributed by atoms with Crippen molar-refractivity contribution in [2.75, 3.05) is 18.5 Å². The number of rotatable bonds is 5. The molecule has 25 heavy (non-hydrogen) atoms. The number of hydrogen-bond donors (Lipinski definition) is 2. The summed E-state index contributed by atoms with van der Waals surface area (Å²) >= 11 is 1.59. The van der Waals surface area contributed by atoms with Crippen LogP contribution in [-0.2, 0) is 0 Å². The number of fused-ring (bicyclic) bond motifs is 1. The molecular formula is C19H16N4OS. The maximum absolute atomic E-state index is 9.21. The quantitative estimate of drug-likeness (QED) is 0.574. The Labute approximate surface area is 149 Å². The average molecular weight is 348 g/mol. The van der Waals surface area contributed by atoms with Gasteiger partial charge in [-0.2, -0.15) is 0 Å². The van der Waals surface area contributed by atoms with Crippen LogP contribution in [0.1, 0.15) is 0 Å². The summed E-state index contributed by atoms with van der Waals surface area (Å²) < 4.78 is 0. The lowest BCUT2D eigenvalue weighted by Gasteiger charge is -2.10. The number of anilines is 1. The van der Waals surface area contributed by atoms with Gasteiger partial charge in [-0.3, -0.25) is 4.98 Å². The molecule has 3 heterocycles. The minimum Gasteiger partial charge on any atom is -0.395 e. The van der Waals surface area contributed by atoms with E-state index in [9.17, 15) is 5.11 Å². The number of nitrogens with zero attached hydrogens (tertiary/aromatic N) is 3. The molecule has 0 aliphatic rings. The van der Waals surface area contributed by atoms with Gasteiger partial charge >= 0.3 is 0 Å². The summed E-state index contributed by atoms with van der Waals surface area (Å²) in [5.41, 5.74) is 3.09. The molecule has 6 heteroatoms. The Hall–Kier alpha value is -2.83. The van der Waals surface area contributed by atoms with E-state index < -0.39 is 0 Å². The van der Waals surface area contributed by atoms with Gasteiger partial charge in [0.1, 0.15) is 10.6 Å². The fourth-order valence-corrected chi connectivity index (χ4v) is 3.65. The molecule has 0 aliphatic heterocycles. The number of aromatic nitrogens is 3. The van der Waals surface area contributed by atoms with Gasteiger partial charge in [0, 0.05) is 35.4 Å². The van der Waals surface area contributed by atoms with E-state index in [0.29, 0.717) is 12.4 Å². The van der Waals surface area contributed by atoms with Crippen molar-refractivity contribution in [1.29, 1.82) is 0 Å². The van der Waals surface area contributed by atoms with Crippen LogP contribution in [0.25, 0.3) is 32.7 Å². The third kappa shape index (κ3) is 3.09. The monoisotopic (exact) mass is 348 g/mol. The lowest BCUT2D eigenvalue weighted by Crippen LogP contribution is -2.08. The van der Waals surface area contributed by atoms with Gasteiger partial charge < -0.3 is 10.4 Å². The lowest BCUT2D eigenvalue weighted by molar-refractivity contribution is 0.311. The molecule has 0 saturated carbocycles. The first-order valence-corrected chi connectivity index (χ1v) is 8.84. The van der Waals surface area contributed by atoms with Crippen molar-refractivity contribution in [3.63, 3.8) is 0 Å². The van der Waals surface area contributed by atoms with E-state index in [1.54, 1.807) is 23.7 Å². The second kappa shape index (κ2) is 6.96. The Morgan fingerprint density at radius 3 is 2.60 bits per heavy atom. The number of nitrogens with one attached hydrogen (secondary N) is 1. The summed E-state index contributed by atoms with van der Waals surface area (Å²) in [6.07, 6.45) is 3.48. The average Bonchev–Trinajstić information content (AvgIpc) is 3.11. The molecule has 0 unspecified atom stereocenters. The van der Waals surface area contributed by atoms with Gasteiger partial charge in [-0.25, -0.2) is 9.97 Å². The van der Waals surface area contributed by atoms with Gasteiger partial charge in [0.25, 0.3) is 0 Å². The molecule has 1 aromatic carbocycles. The fraction of sp³-hybridized carbons (Fsp3) is 0.105. The lowest BCUT2D eigenvalue weighted by atomic mass is 10.1. The second-order valence-corrected chi connectivity index (χ2v) is 6.34. The van der Waals surface area contributed by atoms with Gasteiger partial charge in [0.2, 0.25) is 0 Å². The molecule has 0 atom stereocenters. The molecule has 0 saturated heterocycles. The van der Waals surface area contributed by atoms with Gasteiger partial charge in [-0.15, -0.1) is 11.3 Å². The molecular weight excluding hydrogens is 332 g/mol. The molecule has 2 N–H and O–H groups in total. The number of hydrogen-bond acceptors (Lipinski definition) is 6. The van der Waals surface area contributed by atoms with Gasteiger partial charge in [-0.1, -0.05) is 30.3 Å². The molecule has 0 spiro atoms. The van der Waals surface area contributed by atoms with Crippen LogP contribution in [-0.4, -0.2) is 33.2 Å². The van der Waals surface area contributed by atoms with Crippen molar-refractivity contribution in [1.82, 2.24) is 15.0 Å². The highest BCUT2D eigenvalue weighted by Crippen LogP contribution is 2.37. The Balaban J connectivity index is 1.91. The zero-order chi connectivity index (χ0) is 17.1. The van der Waals surface area contributed by atoms with Crippen LogP contribution < -0.4 is 5.32 Å². The largest absolute Gasteiger partial charge is 0.395 e. The third-order valence-electron chi connectivity index (χ3n) is 3.84. The van der Waals surface area contributed by atoms with E-state index >= 15 is 0 Å². The normalized spacial score (nSPS) is 10.9. The first kappa shape index (κ1) is 15.7. The summed E-state index contributed by atoms with van der Waals surface area (Å²) in [6, 6.07) is 14.0. The number of aliphatic hydroxyl groups excluding tert-OH is 1. The zero-order valence-electron chi connectivity index (χ0n) is 13.4. The van der Waals surface area contributed by atoms with Crippen molar-refractivity contribution < 1.29 is 5.11 Å². The Morgan fingerprint density at radius 2 is 1.84 bits per heavy atom. The van der Waals surface area contributed by atoms with E-state index in [-0.39, 0.29) is 6.61 Å². The minimum absolute atomic E-state index is 0.0402. The van der Waals surface area contributed by atoms with Crippen LogP contribution in [0.5, 0.6) is 0 Å². The van der Waals surface area contributed by atoms with Gasteiger partial charge in [-0.05, 0) is 17.7 Å². The first-order chi connectivity index (χ1) is 12.4. The van der Waals surface area contributed by atoms with Gasteiger partial charge in [0.15, 0.2) is 5.82 Å². The molecule has 0 bridgehead atoms. The summed E-state index contributed by atoms with van der Waals surface area (Å²) in [5, 5.41) is 15.5. The van der Waals surface area contributed by atoms with Crippen LogP contribution in [0.15, 0.2) is 60.2 Å². The fourth-order valence-electron chi connectivity index (χ4n) is 2.70. The summed E-state index contributed by atoms with van der Waals surface area (Å²) in [7, 11) is 0. The maximum atomic E-state index is 9.21. The molecule has 0 aliphatic carbocycles. The number of pyridine rings is 1. The topological polar surface area (TPSA) is 70.9 Å². The summed E-state index contributed by atoms with van der Waals surface area (Å²) in [5.74, 6) is 1.36. The Bertz CT molecular complexity index is 986. The van der Waals surface area contributed by atoms with E-state index in [0.717, 1.165) is 32.7 Å². The van der Waals surface area contributed by atoms with Gasteiger partial charge in [0.05, 0.1) is 12.0 Å². The highest BCUT2D eigenvalue weighted by Gasteiger charge is 2.16. The number of benzene rings is 1. The van der Waals surface area contributed by atoms with Crippen LogP contribution >= 0.6 is 11.3 Å². The van der Waals surface area contributed by atoms with E-state index in [2.05, 4.69) is 27.8 Å². The highest BCUT2D eigenvalue weighted by molar-refractivity contribution is 7.17. The molecule has 4 aromatic rings. The highest BCUT2D eigenvalue weighted by atomic mass is 32.1. The molecule has 5 nitrogen and oxygen atoms in total. The standard InChI is InChI=1S/C19H16N4OS/c24-10-9-21-18-16-15(13-5-2-1-3-6-13)12-25-19(16)23-17(22-18)14-7-4-8-20-11-14/h1-8,11-12,24H,9-10H2,(H,21,22,23). The minimum atomic E-state index is 0.0402. The molecule has 0 amide bonds. The van der Waals surface area contributed by atoms with Crippen molar-refractivity contribution in [2.24, 2.45) is 0 Å². The molecule has 4 rings (SSSR count).